The summed E-state index contributed by atoms with van der Waals surface area (Å²) >= 11 is 0. The Morgan fingerprint density at radius 1 is 1.04 bits per heavy atom. The lowest BCUT2D eigenvalue weighted by molar-refractivity contribution is -0.117. The summed E-state index contributed by atoms with van der Waals surface area (Å²) in [6, 6.07) is 13.2. The Kier molecular flexibility index (Phi) is 6.47. The van der Waals surface area contributed by atoms with Crippen LogP contribution in [-0.4, -0.2) is 43.3 Å². The van der Waals surface area contributed by atoms with Crippen molar-refractivity contribution in [2.24, 2.45) is 5.92 Å². The highest BCUT2D eigenvalue weighted by atomic mass is 16.5. The molecule has 1 saturated heterocycles. The molecule has 0 radical (unpaired) electrons. The second-order valence-corrected chi connectivity index (χ2v) is 7.49. The number of anilines is 1. The molecular formula is C23H28N2O3. The van der Waals surface area contributed by atoms with Crippen molar-refractivity contribution in [3.05, 3.63) is 59.2 Å². The summed E-state index contributed by atoms with van der Waals surface area (Å²) in [5, 5.41) is 2.97. The molecule has 0 unspecified atom stereocenters. The Morgan fingerprint density at radius 3 is 2.32 bits per heavy atom. The normalized spacial score (nSPS) is 15.2. The second kappa shape index (κ2) is 9.02. The van der Waals surface area contributed by atoms with Crippen molar-refractivity contribution >= 4 is 17.4 Å². The number of amides is 1. The van der Waals surface area contributed by atoms with E-state index in [0.29, 0.717) is 6.54 Å². The summed E-state index contributed by atoms with van der Waals surface area (Å²) < 4.78 is 5.14. The summed E-state index contributed by atoms with van der Waals surface area (Å²) in [6.45, 7) is 5.96. The Morgan fingerprint density at radius 2 is 1.71 bits per heavy atom. The van der Waals surface area contributed by atoms with Gasteiger partial charge in [-0.2, -0.15) is 0 Å². The smallest absolute Gasteiger partial charge is 0.238 e. The van der Waals surface area contributed by atoms with Gasteiger partial charge in [-0.05, 0) is 87.3 Å². The van der Waals surface area contributed by atoms with Crippen LogP contribution in [0.3, 0.4) is 0 Å². The van der Waals surface area contributed by atoms with E-state index in [2.05, 4.69) is 17.1 Å². The number of carbonyl (C=O) groups is 2. The van der Waals surface area contributed by atoms with E-state index >= 15 is 0 Å². The monoisotopic (exact) mass is 380 g/mol. The fourth-order valence-electron chi connectivity index (χ4n) is 3.57. The number of piperidine rings is 1. The van der Waals surface area contributed by atoms with Gasteiger partial charge in [-0.25, -0.2) is 0 Å². The third-order valence-electron chi connectivity index (χ3n) is 5.49. The first kappa shape index (κ1) is 20.1. The third kappa shape index (κ3) is 4.98. The minimum absolute atomic E-state index is 0.0109. The van der Waals surface area contributed by atoms with Crippen LogP contribution in [0.5, 0.6) is 5.75 Å². The van der Waals surface area contributed by atoms with Crippen LogP contribution in [0, 0.1) is 19.8 Å². The average molecular weight is 380 g/mol. The number of ketones is 1. The van der Waals surface area contributed by atoms with Crippen LogP contribution in [0.4, 0.5) is 5.69 Å². The van der Waals surface area contributed by atoms with Crippen LogP contribution in [0.15, 0.2) is 42.5 Å². The van der Waals surface area contributed by atoms with Crippen molar-refractivity contribution in [3.8, 4) is 5.75 Å². The number of carbonyl (C=O) groups excluding carboxylic acids is 2. The molecule has 1 aliphatic rings. The number of likely N-dealkylation sites (tertiary alicyclic amines) is 1. The molecule has 0 aliphatic carbocycles. The van der Waals surface area contributed by atoms with E-state index < -0.39 is 0 Å². The van der Waals surface area contributed by atoms with Crippen LogP contribution in [0.2, 0.25) is 0 Å². The number of Topliss-reactive ketones (excluding diaryl/α,β-unsaturated/α-hetero) is 1. The van der Waals surface area contributed by atoms with Crippen molar-refractivity contribution in [2.45, 2.75) is 26.7 Å². The van der Waals surface area contributed by atoms with E-state index in [1.165, 1.54) is 5.56 Å². The van der Waals surface area contributed by atoms with E-state index in [4.69, 9.17) is 4.74 Å². The Hall–Kier alpha value is -2.66. The fourth-order valence-corrected chi connectivity index (χ4v) is 3.57. The number of hydrogen-bond acceptors (Lipinski definition) is 4. The molecule has 148 valence electrons. The van der Waals surface area contributed by atoms with Crippen LogP contribution in [-0.2, 0) is 4.79 Å². The first-order chi connectivity index (χ1) is 13.5. The zero-order valence-corrected chi connectivity index (χ0v) is 16.8. The van der Waals surface area contributed by atoms with Gasteiger partial charge in [0.25, 0.3) is 0 Å². The minimum Gasteiger partial charge on any atom is -0.497 e. The number of aryl methyl sites for hydroxylation is 2. The number of nitrogens with one attached hydrogen (secondary N) is 1. The predicted molar refractivity (Wildman–Crippen MR) is 111 cm³/mol. The lowest BCUT2D eigenvalue weighted by atomic mass is 9.89. The minimum atomic E-state index is -0.0109. The highest BCUT2D eigenvalue weighted by Gasteiger charge is 2.26. The highest BCUT2D eigenvalue weighted by Crippen LogP contribution is 2.23. The van der Waals surface area contributed by atoms with Crippen molar-refractivity contribution in [1.82, 2.24) is 4.90 Å². The van der Waals surface area contributed by atoms with Gasteiger partial charge in [-0.15, -0.1) is 0 Å². The van der Waals surface area contributed by atoms with Crippen LogP contribution in [0.1, 0.15) is 34.3 Å². The van der Waals surface area contributed by atoms with Gasteiger partial charge in [-0.3, -0.25) is 14.5 Å². The number of nitrogens with zero attached hydrogens (tertiary/aromatic N) is 1. The molecule has 0 saturated carbocycles. The Bertz CT molecular complexity index is 837. The molecule has 5 heteroatoms. The molecule has 28 heavy (non-hydrogen) atoms. The van der Waals surface area contributed by atoms with Gasteiger partial charge in [0.2, 0.25) is 5.91 Å². The van der Waals surface area contributed by atoms with Crippen LogP contribution < -0.4 is 10.1 Å². The quantitative estimate of drug-likeness (QED) is 0.774. The van der Waals surface area contributed by atoms with Gasteiger partial charge in [0.15, 0.2) is 5.78 Å². The van der Waals surface area contributed by atoms with Gasteiger partial charge in [0.1, 0.15) is 5.75 Å². The maximum absolute atomic E-state index is 12.7. The number of methoxy groups -OCH3 is 1. The maximum Gasteiger partial charge on any atom is 0.238 e. The van der Waals surface area contributed by atoms with Gasteiger partial charge in [0, 0.05) is 17.2 Å². The highest BCUT2D eigenvalue weighted by molar-refractivity contribution is 5.98. The molecule has 1 heterocycles. The molecule has 0 atom stereocenters. The number of hydrogen-bond donors (Lipinski definition) is 1. The molecule has 0 bridgehead atoms. The summed E-state index contributed by atoms with van der Waals surface area (Å²) in [5.74, 6) is 0.943. The first-order valence-electron chi connectivity index (χ1n) is 9.74. The van der Waals surface area contributed by atoms with Crippen LogP contribution >= 0.6 is 0 Å². The van der Waals surface area contributed by atoms with Crippen molar-refractivity contribution < 1.29 is 14.3 Å². The molecule has 1 amide bonds. The first-order valence-corrected chi connectivity index (χ1v) is 9.74. The summed E-state index contributed by atoms with van der Waals surface area (Å²) in [5.41, 5.74) is 3.93. The number of benzene rings is 2. The Labute approximate surface area is 166 Å². The summed E-state index contributed by atoms with van der Waals surface area (Å²) in [6.07, 6.45) is 1.56. The second-order valence-electron chi connectivity index (χ2n) is 7.49. The summed E-state index contributed by atoms with van der Waals surface area (Å²) in [7, 11) is 1.61. The maximum atomic E-state index is 12.7. The molecule has 0 aromatic heterocycles. The summed E-state index contributed by atoms with van der Waals surface area (Å²) in [4.78, 5) is 27.2. The van der Waals surface area contributed by atoms with Gasteiger partial charge in [0.05, 0.1) is 13.7 Å². The number of ether oxygens (including phenoxy) is 1. The molecule has 2 aromatic rings. The molecule has 0 spiro atoms. The van der Waals surface area contributed by atoms with Crippen molar-refractivity contribution in [2.75, 3.05) is 32.1 Å². The van der Waals surface area contributed by atoms with E-state index in [0.717, 1.165) is 48.5 Å². The van der Waals surface area contributed by atoms with Crippen molar-refractivity contribution in [3.63, 3.8) is 0 Å². The van der Waals surface area contributed by atoms with Crippen molar-refractivity contribution in [1.29, 1.82) is 0 Å². The largest absolute Gasteiger partial charge is 0.497 e. The van der Waals surface area contributed by atoms with Crippen LogP contribution in [0.25, 0.3) is 0 Å². The lowest BCUT2D eigenvalue weighted by Crippen LogP contribution is -2.40. The molecule has 3 rings (SSSR count). The predicted octanol–water partition coefficient (Wildman–Crippen LogP) is 3.85. The zero-order chi connectivity index (χ0) is 20.1. The molecule has 5 nitrogen and oxygen atoms in total. The fraction of sp³-hybridized carbons (Fsp3) is 0.391. The molecule has 1 fully saturated rings. The SMILES string of the molecule is COc1ccc(C(=O)C2CCN(CC(=O)Nc3ccc(C)c(C)c3)CC2)cc1. The molecule has 1 N–H and O–H groups in total. The van der Waals surface area contributed by atoms with Gasteiger partial charge < -0.3 is 10.1 Å². The standard InChI is InChI=1S/C23H28N2O3/c1-16-4-7-20(14-17(16)2)24-22(26)15-25-12-10-19(11-13-25)23(27)18-5-8-21(28-3)9-6-18/h4-9,14,19H,10-13,15H2,1-3H3,(H,24,26). The van der Waals surface area contributed by atoms with E-state index in [9.17, 15) is 9.59 Å². The third-order valence-corrected chi connectivity index (χ3v) is 5.49. The molecular weight excluding hydrogens is 352 g/mol. The van der Waals surface area contributed by atoms with E-state index in [1.807, 2.05) is 49.4 Å². The average Bonchev–Trinajstić information content (AvgIpc) is 2.71. The van der Waals surface area contributed by atoms with Gasteiger partial charge in [-0.1, -0.05) is 6.07 Å². The van der Waals surface area contributed by atoms with E-state index in [1.54, 1.807) is 7.11 Å². The molecule has 2 aromatic carbocycles. The zero-order valence-electron chi connectivity index (χ0n) is 16.8. The topological polar surface area (TPSA) is 58.6 Å². The Balaban J connectivity index is 1.48. The molecule has 1 aliphatic heterocycles. The lowest BCUT2D eigenvalue weighted by Gasteiger charge is -2.30. The number of rotatable bonds is 6. The van der Waals surface area contributed by atoms with E-state index in [-0.39, 0.29) is 17.6 Å². The van der Waals surface area contributed by atoms with Gasteiger partial charge >= 0.3 is 0 Å².